The summed E-state index contributed by atoms with van der Waals surface area (Å²) in [5.74, 6) is 0. The molecule has 1 N–H and O–H groups in total. The van der Waals surface area contributed by atoms with Crippen LogP contribution in [-0.4, -0.2) is 10.7 Å². The van der Waals surface area contributed by atoms with Crippen molar-refractivity contribution in [2.24, 2.45) is 0 Å². The summed E-state index contributed by atoms with van der Waals surface area (Å²) in [7, 11) is 0. The third kappa shape index (κ3) is 3.68. The SMILES string of the molecule is CC(C)(O)Cc1cc(C(F)(F)F)ccc1Cl. The molecule has 5 heteroatoms. The summed E-state index contributed by atoms with van der Waals surface area (Å²) in [5, 5.41) is 9.78. The van der Waals surface area contributed by atoms with Crippen LogP contribution in [0.2, 0.25) is 5.02 Å². The maximum Gasteiger partial charge on any atom is 0.416 e. The second kappa shape index (κ2) is 4.26. The van der Waals surface area contributed by atoms with Gasteiger partial charge in [-0.3, -0.25) is 0 Å². The minimum atomic E-state index is -4.39. The van der Waals surface area contributed by atoms with Crippen LogP contribution in [0.5, 0.6) is 0 Å². The van der Waals surface area contributed by atoms with Gasteiger partial charge in [0.1, 0.15) is 0 Å². The molecule has 0 heterocycles. The van der Waals surface area contributed by atoms with Gasteiger partial charge in [-0.05, 0) is 37.6 Å². The first-order valence-electron chi connectivity index (χ1n) is 4.67. The Morgan fingerprint density at radius 3 is 2.25 bits per heavy atom. The van der Waals surface area contributed by atoms with Crippen LogP contribution < -0.4 is 0 Å². The molecule has 0 saturated carbocycles. The quantitative estimate of drug-likeness (QED) is 0.851. The lowest BCUT2D eigenvalue weighted by Gasteiger charge is -2.19. The van der Waals surface area contributed by atoms with Crippen LogP contribution >= 0.6 is 11.6 Å². The lowest BCUT2D eigenvalue weighted by atomic mass is 9.97. The predicted octanol–water partition coefficient (Wildman–Crippen LogP) is 3.67. The highest BCUT2D eigenvalue weighted by molar-refractivity contribution is 6.31. The van der Waals surface area contributed by atoms with Crippen LogP contribution in [0.1, 0.15) is 25.0 Å². The highest BCUT2D eigenvalue weighted by Crippen LogP contribution is 2.32. The maximum atomic E-state index is 12.4. The summed E-state index contributed by atoms with van der Waals surface area (Å²) < 4.78 is 37.3. The molecule has 0 radical (unpaired) electrons. The van der Waals surface area contributed by atoms with Crippen LogP contribution in [-0.2, 0) is 12.6 Å². The molecule has 1 aromatic rings. The molecule has 0 saturated heterocycles. The van der Waals surface area contributed by atoms with Crippen LogP contribution in [0.3, 0.4) is 0 Å². The fraction of sp³-hybridized carbons (Fsp3) is 0.455. The molecular weight excluding hydrogens is 241 g/mol. The lowest BCUT2D eigenvalue weighted by molar-refractivity contribution is -0.137. The van der Waals surface area contributed by atoms with Crippen molar-refractivity contribution in [3.63, 3.8) is 0 Å². The Hall–Kier alpha value is -0.740. The van der Waals surface area contributed by atoms with Gasteiger partial charge >= 0.3 is 6.18 Å². The predicted molar refractivity (Wildman–Crippen MR) is 56.5 cm³/mol. The maximum absolute atomic E-state index is 12.4. The third-order valence-electron chi connectivity index (χ3n) is 2.00. The Morgan fingerprint density at radius 1 is 1.25 bits per heavy atom. The molecular formula is C11H12ClF3O. The van der Waals surface area contributed by atoms with Gasteiger partial charge in [0.2, 0.25) is 0 Å². The van der Waals surface area contributed by atoms with Crippen LogP contribution in [0, 0.1) is 0 Å². The van der Waals surface area contributed by atoms with E-state index in [0.29, 0.717) is 5.56 Å². The number of benzene rings is 1. The lowest BCUT2D eigenvalue weighted by Crippen LogP contribution is -2.22. The van der Waals surface area contributed by atoms with Crippen LogP contribution in [0.25, 0.3) is 0 Å². The van der Waals surface area contributed by atoms with E-state index < -0.39 is 17.3 Å². The van der Waals surface area contributed by atoms with Gasteiger partial charge in [0.05, 0.1) is 11.2 Å². The largest absolute Gasteiger partial charge is 0.416 e. The summed E-state index contributed by atoms with van der Waals surface area (Å²) in [5.41, 5.74) is -1.55. The van der Waals surface area contributed by atoms with Gasteiger partial charge in [0.15, 0.2) is 0 Å². The second-order valence-electron chi connectivity index (χ2n) is 4.29. The van der Waals surface area contributed by atoms with Gasteiger partial charge in [-0.15, -0.1) is 0 Å². The van der Waals surface area contributed by atoms with Crippen molar-refractivity contribution in [1.29, 1.82) is 0 Å². The fourth-order valence-corrected chi connectivity index (χ4v) is 1.54. The molecule has 0 amide bonds. The third-order valence-corrected chi connectivity index (χ3v) is 2.36. The van der Waals surface area contributed by atoms with E-state index in [9.17, 15) is 18.3 Å². The topological polar surface area (TPSA) is 20.2 Å². The Bertz CT molecular complexity index is 380. The van der Waals surface area contributed by atoms with E-state index in [1.165, 1.54) is 19.9 Å². The minimum Gasteiger partial charge on any atom is -0.390 e. The van der Waals surface area contributed by atoms with E-state index >= 15 is 0 Å². The van der Waals surface area contributed by atoms with Crippen molar-refractivity contribution < 1.29 is 18.3 Å². The van der Waals surface area contributed by atoms with Gasteiger partial charge in [0.25, 0.3) is 0 Å². The summed E-state index contributed by atoms with van der Waals surface area (Å²) >= 11 is 5.77. The first-order valence-corrected chi connectivity index (χ1v) is 5.05. The highest BCUT2D eigenvalue weighted by atomic mass is 35.5. The van der Waals surface area contributed by atoms with Gasteiger partial charge < -0.3 is 5.11 Å². The monoisotopic (exact) mass is 252 g/mol. The zero-order chi connectivity index (χ0) is 12.6. The molecule has 0 spiro atoms. The van der Waals surface area contributed by atoms with Gasteiger partial charge in [-0.2, -0.15) is 13.2 Å². The van der Waals surface area contributed by atoms with Crippen LogP contribution in [0.4, 0.5) is 13.2 Å². The summed E-state index contributed by atoms with van der Waals surface area (Å²) in [6.45, 7) is 3.03. The van der Waals surface area contributed by atoms with Gasteiger partial charge in [-0.25, -0.2) is 0 Å². The van der Waals surface area contributed by atoms with E-state index in [4.69, 9.17) is 11.6 Å². The average molecular weight is 253 g/mol. The summed E-state index contributed by atoms with van der Waals surface area (Å²) in [6, 6.07) is 3.10. The van der Waals surface area contributed by atoms with Crippen molar-refractivity contribution in [3.8, 4) is 0 Å². The Balaban J connectivity index is 3.10. The Morgan fingerprint density at radius 2 is 1.81 bits per heavy atom. The second-order valence-corrected chi connectivity index (χ2v) is 4.70. The van der Waals surface area contributed by atoms with E-state index in [1.807, 2.05) is 0 Å². The summed E-state index contributed by atoms with van der Waals surface area (Å²) in [4.78, 5) is 0. The number of alkyl halides is 3. The minimum absolute atomic E-state index is 0.0791. The molecule has 0 aliphatic rings. The van der Waals surface area contributed by atoms with E-state index in [0.717, 1.165) is 12.1 Å². The Kier molecular flexibility index (Phi) is 3.55. The van der Waals surface area contributed by atoms with Crippen molar-refractivity contribution in [3.05, 3.63) is 34.3 Å². The van der Waals surface area contributed by atoms with Gasteiger partial charge in [0, 0.05) is 11.4 Å². The normalized spacial score (nSPS) is 12.9. The average Bonchev–Trinajstić information content (AvgIpc) is 2.04. The molecule has 0 aliphatic carbocycles. The van der Waals surface area contributed by atoms with Crippen molar-refractivity contribution in [2.45, 2.75) is 32.0 Å². The van der Waals surface area contributed by atoms with Crippen LogP contribution in [0.15, 0.2) is 18.2 Å². The molecule has 0 unspecified atom stereocenters. The van der Waals surface area contributed by atoms with Crippen molar-refractivity contribution in [1.82, 2.24) is 0 Å². The van der Waals surface area contributed by atoms with E-state index in [-0.39, 0.29) is 11.4 Å². The smallest absolute Gasteiger partial charge is 0.390 e. The highest BCUT2D eigenvalue weighted by Gasteiger charge is 2.31. The fourth-order valence-electron chi connectivity index (χ4n) is 1.35. The molecule has 0 aromatic heterocycles. The zero-order valence-electron chi connectivity index (χ0n) is 8.90. The summed E-state index contributed by atoms with van der Waals surface area (Å²) in [6.07, 6.45) is -4.31. The number of aliphatic hydroxyl groups is 1. The van der Waals surface area contributed by atoms with E-state index in [1.54, 1.807) is 0 Å². The number of hydrogen-bond acceptors (Lipinski definition) is 1. The molecule has 0 atom stereocenters. The van der Waals surface area contributed by atoms with Gasteiger partial charge in [-0.1, -0.05) is 11.6 Å². The first-order chi connectivity index (χ1) is 7.09. The molecule has 1 rings (SSSR count). The number of rotatable bonds is 2. The standard InChI is InChI=1S/C11H12ClF3O/c1-10(2,16)6-7-5-8(11(13,14)15)3-4-9(7)12/h3-5,16H,6H2,1-2H3. The molecule has 1 aromatic carbocycles. The zero-order valence-corrected chi connectivity index (χ0v) is 9.65. The first kappa shape index (κ1) is 13.3. The molecule has 16 heavy (non-hydrogen) atoms. The van der Waals surface area contributed by atoms with Crippen molar-refractivity contribution >= 4 is 11.6 Å². The molecule has 1 nitrogen and oxygen atoms in total. The molecule has 0 fully saturated rings. The number of hydrogen-bond donors (Lipinski definition) is 1. The van der Waals surface area contributed by atoms with Crippen molar-refractivity contribution in [2.75, 3.05) is 0 Å². The Labute approximate surface area is 96.9 Å². The van der Waals surface area contributed by atoms with E-state index in [2.05, 4.69) is 0 Å². The molecule has 90 valence electrons. The molecule has 0 aliphatic heterocycles. The molecule has 0 bridgehead atoms. The number of halogens is 4.